The number of nitrogens with one attached hydrogen (secondary N) is 1. The first-order valence-corrected chi connectivity index (χ1v) is 7.84. The fourth-order valence-electron chi connectivity index (χ4n) is 1.67. The molecule has 1 aromatic rings. The van der Waals surface area contributed by atoms with Crippen LogP contribution in [0.4, 0.5) is 0 Å². The van der Waals surface area contributed by atoms with Crippen molar-refractivity contribution in [2.24, 2.45) is 5.73 Å². The summed E-state index contributed by atoms with van der Waals surface area (Å²) in [5.74, 6) is 1.19. The number of carbonyl (C=O) groups excluding carboxylic acids is 1. The number of rotatable bonds is 8. The third kappa shape index (κ3) is 7.07. The highest BCUT2D eigenvalue weighted by Crippen LogP contribution is 2.22. The van der Waals surface area contributed by atoms with Gasteiger partial charge >= 0.3 is 0 Å². The Morgan fingerprint density at radius 1 is 1.38 bits per heavy atom. The number of thioether (sulfide) groups is 1. The highest BCUT2D eigenvalue weighted by molar-refractivity contribution is 8.00. The number of amides is 1. The molecule has 0 atom stereocenters. The smallest absolute Gasteiger partial charge is 0.230 e. The number of methoxy groups -OCH3 is 1. The average Bonchev–Trinajstić information content (AvgIpc) is 2.50. The largest absolute Gasteiger partial charge is 0.497 e. The quantitative estimate of drug-likeness (QED) is 0.718. The van der Waals surface area contributed by atoms with E-state index in [0.717, 1.165) is 23.5 Å². The standard InChI is InChI=1S/C15H24N2O2S.ClH/c1-4-15(16,5-2)11-17-14(18)10-20-13-8-6-7-12(9-13)19-3;/h6-9H,4-5,10-11,16H2,1-3H3,(H,17,18);1H. The first kappa shape index (κ1) is 20.1. The van der Waals surface area contributed by atoms with Crippen molar-refractivity contribution in [2.45, 2.75) is 37.1 Å². The van der Waals surface area contributed by atoms with Crippen LogP contribution in [0.2, 0.25) is 0 Å². The van der Waals surface area contributed by atoms with Gasteiger partial charge in [0.1, 0.15) is 5.75 Å². The topological polar surface area (TPSA) is 64.3 Å². The van der Waals surface area contributed by atoms with Crippen molar-refractivity contribution in [3.05, 3.63) is 24.3 Å². The molecule has 0 fully saturated rings. The van der Waals surface area contributed by atoms with Gasteiger partial charge in [-0.05, 0) is 31.0 Å². The van der Waals surface area contributed by atoms with Gasteiger partial charge in [0.15, 0.2) is 0 Å². The molecule has 0 aliphatic heterocycles. The Balaban J connectivity index is 0.00000400. The number of benzene rings is 1. The molecule has 1 amide bonds. The zero-order valence-electron chi connectivity index (χ0n) is 12.8. The summed E-state index contributed by atoms with van der Waals surface area (Å²) in [5, 5.41) is 2.91. The summed E-state index contributed by atoms with van der Waals surface area (Å²) in [6.45, 7) is 4.61. The first-order chi connectivity index (χ1) is 9.53. The number of carbonyl (C=O) groups is 1. The second-order valence-corrected chi connectivity index (χ2v) is 5.86. The molecule has 0 aliphatic rings. The second kappa shape index (κ2) is 9.92. The molecule has 6 heteroatoms. The van der Waals surface area contributed by atoms with Crippen LogP contribution in [0.5, 0.6) is 5.75 Å². The predicted octanol–water partition coefficient (Wildman–Crippen LogP) is 2.84. The van der Waals surface area contributed by atoms with Gasteiger partial charge in [-0.2, -0.15) is 0 Å². The van der Waals surface area contributed by atoms with E-state index in [0.29, 0.717) is 12.3 Å². The molecule has 120 valence electrons. The summed E-state index contributed by atoms with van der Waals surface area (Å²) >= 11 is 1.49. The summed E-state index contributed by atoms with van der Waals surface area (Å²) in [4.78, 5) is 12.8. The third-order valence-corrected chi connectivity index (χ3v) is 4.45. The van der Waals surface area contributed by atoms with Gasteiger partial charge in [-0.25, -0.2) is 0 Å². The van der Waals surface area contributed by atoms with Crippen molar-refractivity contribution in [3.8, 4) is 5.75 Å². The van der Waals surface area contributed by atoms with Crippen LogP contribution in [-0.2, 0) is 4.79 Å². The van der Waals surface area contributed by atoms with E-state index in [1.54, 1.807) is 7.11 Å². The van der Waals surface area contributed by atoms with Gasteiger partial charge in [0.05, 0.1) is 12.9 Å². The first-order valence-electron chi connectivity index (χ1n) is 6.85. The molecule has 0 aromatic heterocycles. The van der Waals surface area contributed by atoms with Crippen LogP contribution >= 0.6 is 24.2 Å². The van der Waals surface area contributed by atoms with Gasteiger partial charge < -0.3 is 15.8 Å². The number of nitrogens with two attached hydrogens (primary N) is 1. The molecular formula is C15H25ClN2O2S. The highest BCUT2D eigenvalue weighted by atomic mass is 35.5. The summed E-state index contributed by atoms with van der Waals surface area (Å²) in [6, 6.07) is 7.68. The lowest BCUT2D eigenvalue weighted by molar-refractivity contribution is -0.118. The number of hydrogen-bond donors (Lipinski definition) is 2. The van der Waals surface area contributed by atoms with Crippen LogP contribution in [0, 0.1) is 0 Å². The van der Waals surface area contributed by atoms with E-state index in [1.807, 2.05) is 38.1 Å². The average molecular weight is 333 g/mol. The van der Waals surface area contributed by atoms with Gasteiger partial charge in [0, 0.05) is 17.0 Å². The van der Waals surface area contributed by atoms with Crippen LogP contribution in [0.25, 0.3) is 0 Å². The molecule has 0 spiro atoms. The van der Waals surface area contributed by atoms with Crippen LogP contribution < -0.4 is 15.8 Å². The minimum Gasteiger partial charge on any atom is -0.497 e. The van der Waals surface area contributed by atoms with E-state index in [4.69, 9.17) is 10.5 Å². The van der Waals surface area contributed by atoms with Crippen molar-refractivity contribution in [3.63, 3.8) is 0 Å². The maximum atomic E-state index is 11.8. The molecule has 4 nitrogen and oxygen atoms in total. The van der Waals surface area contributed by atoms with Crippen molar-refractivity contribution >= 4 is 30.1 Å². The summed E-state index contributed by atoms with van der Waals surface area (Å²) in [5.41, 5.74) is 5.86. The molecule has 1 aromatic carbocycles. The van der Waals surface area contributed by atoms with Gasteiger partial charge in [0.25, 0.3) is 0 Å². The van der Waals surface area contributed by atoms with Crippen molar-refractivity contribution < 1.29 is 9.53 Å². The van der Waals surface area contributed by atoms with Crippen molar-refractivity contribution in [1.82, 2.24) is 5.32 Å². The molecule has 0 saturated carbocycles. The normalized spacial score (nSPS) is 10.7. The van der Waals surface area contributed by atoms with E-state index < -0.39 is 0 Å². The van der Waals surface area contributed by atoms with Crippen LogP contribution in [0.15, 0.2) is 29.2 Å². The van der Waals surface area contributed by atoms with Crippen LogP contribution in [-0.4, -0.2) is 30.9 Å². The van der Waals surface area contributed by atoms with Crippen molar-refractivity contribution in [1.29, 1.82) is 0 Å². The van der Waals surface area contributed by atoms with Gasteiger partial charge in [-0.1, -0.05) is 19.9 Å². The molecule has 21 heavy (non-hydrogen) atoms. The Kier molecular flexibility index (Phi) is 9.49. The minimum atomic E-state index is -0.295. The summed E-state index contributed by atoms with van der Waals surface area (Å²) < 4.78 is 5.15. The zero-order valence-corrected chi connectivity index (χ0v) is 14.5. The Labute approximate surface area is 137 Å². The van der Waals surface area contributed by atoms with Crippen molar-refractivity contribution in [2.75, 3.05) is 19.4 Å². The highest BCUT2D eigenvalue weighted by Gasteiger charge is 2.20. The van der Waals surface area contributed by atoms with Crippen LogP contribution in [0.1, 0.15) is 26.7 Å². The molecule has 1 rings (SSSR count). The minimum absolute atomic E-state index is 0. The lowest BCUT2D eigenvalue weighted by Gasteiger charge is -2.26. The Hall–Kier alpha value is -0.910. The number of halogens is 1. The lowest BCUT2D eigenvalue weighted by atomic mass is 9.94. The molecule has 0 radical (unpaired) electrons. The molecule has 0 aliphatic carbocycles. The molecule has 0 heterocycles. The number of ether oxygens (including phenoxy) is 1. The molecule has 0 bridgehead atoms. The third-order valence-electron chi connectivity index (χ3n) is 3.46. The fourth-order valence-corrected chi connectivity index (χ4v) is 2.44. The fraction of sp³-hybridized carbons (Fsp3) is 0.533. The van der Waals surface area contributed by atoms with E-state index in [2.05, 4.69) is 5.32 Å². The maximum Gasteiger partial charge on any atom is 0.230 e. The zero-order chi connectivity index (χ0) is 15.0. The van der Waals surface area contributed by atoms with E-state index in [9.17, 15) is 4.79 Å². The van der Waals surface area contributed by atoms with E-state index >= 15 is 0 Å². The van der Waals surface area contributed by atoms with Gasteiger partial charge in [-0.3, -0.25) is 4.79 Å². The van der Waals surface area contributed by atoms with Crippen LogP contribution in [0.3, 0.4) is 0 Å². The van der Waals surface area contributed by atoms with E-state index in [1.165, 1.54) is 11.8 Å². The maximum absolute atomic E-state index is 11.8. The molecule has 3 N–H and O–H groups in total. The number of hydrogen-bond acceptors (Lipinski definition) is 4. The predicted molar refractivity (Wildman–Crippen MR) is 91.5 cm³/mol. The monoisotopic (exact) mass is 332 g/mol. The van der Waals surface area contributed by atoms with E-state index in [-0.39, 0.29) is 23.9 Å². The molecule has 0 unspecified atom stereocenters. The summed E-state index contributed by atoms with van der Waals surface area (Å²) in [6.07, 6.45) is 1.71. The van der Waals surface area contributed by atoms with Gasteiger partial charge in [0.2, 0.25) is 5.91 Å². The SMILES string of the molecule is CCC(N)(CC)CNC(=O)CSc1cccc(OC)c1.Cl. The molecular weight excluding hydrogens is 308 g/mol. The molecule has 0 saturated heterocycles. The summed E-state index contributed by atoms with van der Waals surface area (Å²) in [7, 11) is 1.63. The Morgan fingerprint density at radius 3 is 2.62 bits per heavy atom. The van der Waals surface area contributed by atoms with Gasteiger partial charge in [-0.15, -0.1) is 24.2 Å². The second-order valence-electron chi connectivity index (χ2n) is 4.81. The lowest BCUT2D eigenvalue weighted by Crippen LogP contribution is -2.49. The Morgan fingerprint density at radius 2 is 2.05 bits per heavy atom. The Bertz CT molecular complexity index is 439.